The zero-order valence-electron chi connectivity index (χ0n) is 17.8. The first-order chi connectivity index (χ1) is 15.8. The number of amidine groups is 1. The lowest BCUT2D eigenvalue weighted by Gasteiger charge is -2.46. The number of anilines is 1. The number of likely N-dealkylation sites (tertiary alicyclic amines) is 1. The fraction of sp³-hybridized carbons (Fsp3) is 0.304. The topological polar surface area (TPSA) is 121 Å². The number of fused-ring (bicyclic) bond motifs is 2. The summed E-state index contributed by atoms with van der Waals surface area (Å²) in [5.41, 5.74) is 4.39. The highest BCUT2D eigenvalue weighted by Crippen LogP contribution is 2.42. The number of allylic oxidation sites excluding steroid dienone is 4. The Morgan fingerprint density at radius 1 is 1.25 bits per heavy atom. The number of aromatic amines is 1. The number of aromatic nitrogens is 2. The maximum atomic E-state index is 6.34. The van der Waals surface area contributed by atoms with E-state index in [9.17, 15) is 0 Å². The molecule has 9 nitrogen and oxygen atoms in total. The quantitative estimate of drug-likeness (QED) is 0.251. The van der Waals surface area contributed by atoms with Gasteiger partial charge in [0.2, 0.25) is 0 Å². The lowest BCUT2D eigenvalue weighted by atomic mass is 9.97. The van der Waals surface area contributed by atoms with E-state index < -0.39 is 0 Å². The van der Waals surface area contributed by atoms with Gasteiger partial charge in [0, 0.05) is 37.1 Å². The molecule has 2 aromatic rings. The molecule has 0 amide bonds. The molecule has 6 N–H and O–H groups in total. The third-order valence-corrected chi connectivity index (χ3v) is 6.25. The molecule has 32 heavy (non-hydrogen) atoms. The fourth-order valence-corrected chi connectivity index (χ4v) is 4.71. The molecule has 2 aliphatic heterocycles. The van der Waals surface area contributed by atoms with Crippen molar-refractivity contribution in [1.29, 1.82) is 0 Å². The van der Waals surface area contributed by atoms with Crippen LogP contribution in [-0.4, -0.2) is 45.9 Å². The normalized spacial score (nSPS) is 21.4. The molecule has 1 fully saturated rings. The second-order valence-electron chi connectivity index (χ2n) is 8.14. The van der Waals surface area contributed by atoms with Gasteiger partial charge in [-0.15, -0.1) is 0 Å². The van der Waals surface area contributed by atoms with Crippen LogP contribution in [0.15, 0.2) is 71.8 Å². The van der Waals surface area contributed by atoms with Crippen LogP contribution in [0.25, 0.3) is 0 Å². The van der Waals surface area contributed by atoms with Gasteiger partial charge >= 0.3 is 0 Å². The number of nitrogens with one attached hydrogen (secondary N) is 2. The van der Waals surface area contributed by atoms with Gasteiger partial charge in [0.05, 0.1) is 12.2 Å². The van der Waals surface area contributed by atoms with Crippen molar-refractivity contribution in [3.05, 3.63) is 78.1 Å². The summed E-state index contributed by atoms with van der Waals surface area (Å²) in [6.45, 7) is 2.89. The van der Waals surface area contributed by atoms with E-state index in [4.69, 9.17) is 16.4 Å². The van der Waals surface area contributed by atoms with Crippen molar-refractivity contribution >= 4 is 11.5 Å². The van der Waals surface area contributed by atoms with Gasteiger partial charge < -0.3 is 25.9 Å². The average molecular weight is 433 g/mol. The number of hydrogen-bond donors (Lipinski definition) is 4. The molecular formula is C23H28N8O. The summed E-state index contributed by atoms with van der Waals surface area (Å²) in [7, 11) is 0. The van der Waals surface area contributed by atoms with E-state index in [2.05, 4.69) is 48.5 Å². The van der Waals surface area contributed by atoms with Crippen molar-refractivity contribution in [3.63, 3.8) is 0 Å². The molecule has 1 unspecified atom stereocenters. The summed E-state index contributed by atoms with van der Waals surface area (Å²) in [6.07, 6.45) is 16.2. The van der Waals surface area contributed by atoms with Gasteiger partial charge in [-0.3, -0.25) is 4.90 Å². The van der Waals surface area contributed by atoms with Crippen molar-refractivity contribution in [1.82, 2.24) is 20.3 Å². The number of piperidine rings is 1. The van der Waals surface area contributed by atoms with E-state index >= 15 is 0 Å². The number of imidazole rings is 1. The average Bonchev–Trinajstić information content (AvgIpc) is 3.22. The predicted octanol–water partition coefficient (Wildman–Crippen LogP) is 1.74. The van der Waals surface area contributed by atoms with E-state index in [0.717, 1.165) is 61.1 Å². The maximum Gasteiger partial charge on any atom is 0.166 e. The Balaban J connectivity index is 1.43. The minimum atomic E-state index is 0.0558. The third kappa shape index (κ3) is 3.88. The highest BCUT2D eigenvalue weighted by molar-refractivity contribution is 5.99. The van der Waals surface area contributed by atoms with E-state index in [-0.39, 0.29) is 6.04 Å². The molecule has 166 valence electrons. The van der Waals surface area contributed by atoms with Gasteiger partial charge in [0.15, 0.2) is 11.6 Å². The molecule has 1 atom stereocenters. The lowest BCUT2D eigenvalue weighted by Crippen LogP contribution is -2.51. The summed E-state index contributed by atoms with van der Waals surface area (Å²) in [4.78, 5) is 12.5. The van der Waals surface area contributed by atoms with Crippen LogP contribution >= 0.6 is 0 Å². The number of nitrogens with zero attached hydrogens (tertiary/aromatic N) is 4. The highest BCUT2D eigenvalue weighted by atomic mass is 16.5. The molecule has 0 radical (unpaired) electrons. The predicted molar refractivity (Wildman–Crippen MR) is 125 cm³/mol. The molecule has 5 rings (SSSR count). The Morgan fingerprint density at radius 2 is 2.12 bits per heavy atom. The van der Waals surface area contributed by atoms with E-state index in [1.807, 2.05) is 42.8 Å². The van der Waals surface area contributed by atoms with Gasteiger partial charge in [-0.25, -0.2) is 10.8 Å². The van der Waals surface area contributed by atoms with Crippen LogP contribution in [-0.2, 0) is 6.54 Å². The van der Waals surface area contributed by atoms with Crippen molar-refractivity contribution in [2.24, 2.45) is 16.8 Å². The maximum absolute atomic E-state index is 6.34. The molecule has 9 heteroatoms. The van der Waals surface area contributed by atoms with Crippen LogP contribution < -0.4 is 26.7 Å². The Hall–Kier alpha value is -3.56. The molecule has 1 saturated heterocycles. The van der Waals surface area contributed by atoms with Gasteiger partial charge in [-0.05, 0) is 37.1 Å². The Bertz CT molecular complexity index is 1060. The zero-order valence-corrected chi connectivity index (χ0v) is 17.8. The Labute approximate surface area is 187 Å². The Morgan fingerprint density at radius 3 is 2.88 bits per heavy atom. The molecule has 3 heterocycles. The molecule has 0 spiro atoms. The number of nitrogens with two attached hydrogens (primary N) is 2. The monoisotopic (exact) mass is 432 g/mol. The van der Waals surface area contributed by atoms with Crippen LogP contribution in [0.5, 0.6) is 5.75 Å². The molecule has 3 aliphatic rings. The third-order valence-electron chi connectivity index (χ3n) is 6.25. The van der Waals surface area contributed by atoms with Crippen LogP contribution in [0.4, 0.5) is 5.69 Å². The van der Waals surface area contributed by atoms with Crippen LogP contribution in [0.3, 0.4) is 0 Å². The zero-order chi connectivity index (χ0) is 21.9. The number of benzene rings is 1. The molecular weight excluding hydrogens is 404 g/mol. The standard InChI is InChI=1S/C23H28N8O/c24-28-23(29-25)16-6-7-19-21(14-16)32-20-5-3-1-2-4-18(20)31(19)17-8-12-30(13-9-17)15-22-26-10-11-27-22/h1-7,10-11,14,17-18H,8-9,12-13,15,24-25H2,(H,26,27)(H,28,29). The minimum Gasteiger partial charge on any atom is -0.457 e. The number of ether oxygens (including phenoxy) is 1. The number of hydrogen-bond acceptors (Lipinski definition) is 7. The first kappa shape index (κ1) is 20.3. The van der Waals surface area contributed by atoms with Crippen LogP contribution in [0, 0.1) is 0 Å². The van der Waals surface area contributed by atoms with E-state index in [0.29, 0.717) is 11.9 Å². The van der Waals surface area contributed by atoms with Crippen molar-refractivity contribution in [2.45, 2.75) is 31.5 Å². The van der Waals surface area contributed by atoms with E-state index in [1.54, 1.807) is 0 Å². The van der Waals surface area contributed by atoms with Crippen molar-refractivity contribution < 1.29 is 4.74 Å². The van der Waals surface area contributed by atoms with E-state index in [1.165, 1.54) is 0 Å². The van der Waals surface area contributed by atoms with Crippen LogP contribution in [0.2, 0.25) is 0 Å². The molecule has 1 aromatic heterocycles. The van der Waals surface area contributed by atoms with Crippen molar-refractivity contribution in [2.75, 3.05) is 18.0 Å². The summed E-state index contributed by atoms with van der Waals surface area (Å²) in [5, 5.41) is 3.73. The first-order valence-electron chi connectivity index (χ1n) is 10.9. The second-order valence-corrected chi connectivity index (χ2v) is 8.14. The number of hydrazone groups is 1. The molecule has 0 bridgehead atoms. The number of H-pyrrole nitrogens is 1. The molecule has 1 aliphatic carbocycles. The van der Waals surface area contributed by atoms with Gasteiger partial charge in [0.25, 0.3) is 0 Å². The van der Waals surface area contributed by atoms with Gasteiger partial charge in [-0.1, -0.05) is 24.3 Å². The number of hydrazine groups is 1. The van der Waals surface area contributed by atoms with Crippen LogP contribution in [0.1, 0.15) is 24.2 Å². The summed E-state index contributed by atoms with van der Waals surface area (Å²) in [6, 6.07) is 6.43. The van der Waals surface area contributed by atoms with Gasteiger partial charge in [-0.2, -0.15) is 5.10 Å². The van der Waals surface area contributed by atoms with Crippen molar-refractivity contribution in [3.8, 4) is 5.75 Å². The Kier molecular flexibility index (Phi) is 5.66. The molecule has 0 saturated carbocycles. The smallest absolute Gasteiger partial charge is 0.166 e. The SMILES string of the molecule is N/N=C(\NN)c1ccc2c(c1)OC1=CC=CC=CC1N2C1CCN(Cc2ncc[nH]2)CC1. The summed E-state index contributed by atoms with van der Waals surface area (Å²) in [5.74, 6) is 14.2. The first-order valence-corrected chi connectivity index (χ1v) is 10.9. The summed E-state index contributed by atoms with van der Waals surface area (Å²) < 4.78 is 6.34. The highest BCUT2D eigenvalue weighted by Gasteiger charge is 2.37. The largest absolute Gasteiger partial charge is 0.457 e. The second kappa shape index (κ2) is 8.89. The van der Waals surface area contributed by atoms with Gasteiger partial charge in [0.1, 0.15) is 17.6 Å². The fourth-order valence-electron chi connectivity index (χ4n) is 4.71. The molecule has 1 aromatic carbocycles. The number of rotatable bonds is 4. The lowest BCUT2D eigenvalue weighted by molar-refractivity contribution is 0.192. The summed E-state index contributed by atoms with van der Waals surface area (Å²) >= 11 is 0. The minimum absolute atomic E-state index is 0.0558.